The molecular weight excluding hydrogens is 839 g/mol. The summed E-state index contributed by atoms with van der Waals surface area (Å²) in [5, 5.41) is 0. The van der Waals surface area contributed by atoms with Crippen LogP contribution in [0.15, 0.2) is 218 Å². The molecule has 9 aromatic rings. The first-order valence-electron chi connectivity index (χ1n) is 22.0. The zero-order valence-electron chi connectivity index (χ0n) is 33.5. The van der Waals surface area contributed by atoms with Gasteiger partial charge >= 0.3 is 366 Å². The van der Waals surface area contributed by atoms with Crippen LogP contribution in [0.3, 0.4) is 0 Å². The molecule has 18 rings (SSSR count). The Morgan fingerprint density at radius 2 is 0.328 bits per heavy atom. The van der Waals surface area contributed by atoms with Crippen LogP contribution in [0.25, 0.3) is 0 Å². The molecule has 0 aliphatic heterocycles. The predicted octanol–water partition coefficient (Wildman–Crippen LogP) is 12.6. The SMILES string of the molecule is c1ccc2c(c1)C1c3ccccc3[C]2([Sn]([C]23c4ccccc4C(c4ccccc42)c2ccccc23)[C]23c4ccccc4C(c4ccccc42)c2ccccc23)c2ccccc21. The van der Waals surface area contributed by atoms with Crippen molar-refractivity contribution in [2.24, 2.45) is 0 Å². The van der Waals surface area contributed by atoms with Crippen LogP contribution in [-0.4, -0.2) is 19.8 Å². The molecule has 0 unspecified atom stereocenters. The Bertz CT molecular complexity index is 2680. The van der Waals surface area contributed by atoms with Crippen LogP contribution in [0.5, 0.6) is 0 Å². The fourth-order valence-corrected chi connectivity index (χ4v) is 32.3. The summed E-state index contributed by atoms with van der Waals surface area (Å²) >= 11 is -4.05. The summed E-state index contributed by atoms with van der Waals surface area (Å²) in [6, 6.07) is 87.8. The minimum atomic E-state index is -4.05. The van der Waals surface area contributed by atoms with Crippen molar-refractivity contribution in [2.75, 3.05) is 0 Å². The van der Waals surface area contributed by atoms with Crippen LogP contribution in [-0.2, 0) is 10.3 Å². The van der Waals surface area contributed by atoms with Crippen molar-refractivity contribution in [3.05, 3.63) is 319 Å². The number of benzene rings is 9. The zero-order valence-corrected chi connectivity index (χ0v) is 36.4. The normalized spacial score (nSPS) is 25.2. The van der Waals surface area contributed by atoms with E-state index in [1.165, 1.54) is 100 Å². The van der Waals surface area contributed by atoms with Gasteiger partial charge in [-0.05, 0) is 0 Å². The first kappa shape index (κ1) is 33.5. The van der Waals surface area contributed by atoms with Crippen LogP contribution in [0.4, 0.5) is 0 Å². The van der Waals surface area contributed by atoms with E-state index in [0.717, 1.165) is 0 Å². The van der Waals surface area contributed by atoms with E-state index in [1.54, 1.807) is 0 Å². The maximum atomic E-state index is 2.58. The van der Waals surface area contributed by atoms with Crippen LogP contribution >= 0.6 is 0 Å². The van der Waals surface area contributed by atoms with Crippen LogP contribution < -0.4 is 0 Å². The molecule has 0 nitrogen and oxygen atoms in total. The van der Waals surface area contributed by atoms with Crippen LogP contribution in [0.2, 0.25) is 0 Å². The Kier molecular flexibility index (Phi) is 6.35. The van der Waals surface area contributed by atoms with Crippen molar-refractivity contribution in [2.45, 2.75) is 28.0 Å². The van der Waals surface area contributed by atoms with Gasteiger partial charge in [-0.2, -0.15) is 0 Å². The first-order chi connectivity index (χ1) is 30.3. The van der Waals surface area contributed by atoms with Gasteiger partial charge in [0.2, 0.25) is 0 Å². The van der Waals surface area contributed by atoms with Gasteiger partial charge in [-0.3, -0.25) is 0 Å². The van der Waals surface area contributed by atoms with Gasteiger partial charge < -0.3 is 0 Å². The van der Waals surface area contributed by atoms with Crippen molar-refractivity contribution in [1.82, 2.24) is 0 Å². The van der Waals surface area contributed by atoms with Gasteiger partial charge in [-0.15, -0.1) is 0 Å². The summed E-state index contributed by atoms with van der Waals surface area (Å²) in [6.07, 6.45) is 0. The molecule has 6 bridgehead atoms. The van der Waals surface area contributed by atoms with E-state index in [9.17, 15) is 0 Å². The molecule has 0 spiro atoms. The molecule has 9 aromatic carbocycles. The molecular formula is C60H39Sn. The molecule has 283 valence electrons. The van der Waals surface area contributed by atoms with Gasteiger partial charge in [0, 0.05) is 0 Å². The van der Waals surface area contributed by atoms with Gasteiger partial charge in [0.1, 0.15) is 0 Å². The maximum absolute atomic E-state index is 4.05. The van der Waals surface area contributed by atoms with Crippen LogP contribution in [0, 0.1) is 0 Å². The summed E-state index contributed by atoms with van der Waals surface area (Å²) in [7, 11) is 0. The topological polar surface area (TPSA) is 0 Å². The van der Waals surface area contributed by atoms with Gasteiger partial charge in [0.25, 0.3) is 0 Å². The molecule has 1 radical (unpaired) electrons. The van der Waals surface area contributed by atoms with E-state index < -0.39 is 30.1 Å². The monoisotopic (exact) mass is 879 g/mol. The van der Waals surface area contributed by atoms with Crippen molar-refractivity contribution in [3.63, 3.8) is 0 Å². The first-order valence-corrected chi connectivity index (χ1v) is 26.3. The van der Waals surface area contributed by atoms with Gasteiger partial charge in [-0.1, -0.05) is 0 Å². The van der Waals surface area contributed by atoms with E-state index in [4.69, 9.17) is 0 Å². The predicted molar refractivity (Wildman–Crippen MR) is 246 cm³/mol. The molecule has 1 heteroatoms. The minimum absolute atomic E-state index is 0.188. The Morgan fingerprint density at radius 1 is 0.197 bits per heavy atom. The average molecular weight is 879 g/mol. The second kappa shape index (κ2) is 11.6. The van der Waals surface area contributed by atoms with Gasteiger partial charge in [0.05, 0.1) is 0 Å². The fraction of sp³-hybridized carbons (Fsp3) is 0.100. The summed E-state index contributed by atoms with van der Waals surface area (Å²) in [6.45, 7) is 0. The third-order valence-electron chi connectivity index (χ3n) is 16.2. The molecule has 0 saturated carbocycles. The van der Waals surface area contributed by atoms with Crippen LogP contribution in [0.1, 0.15) is 118 Å². The molecule has 9 aliphatic carbocycles. The summed E-state index contributed by atoms with van der Waals surface area (Å²) in [5.41, 5.74) is 27.3. The van der Waals surface area contributed by atoms with Gasteiger partial charge in [-0.25, -0.2) is 0 Å². The average Bonchev–Trinajstić information content (AvgIpc) is 3.34. The third kappa shape index (κ3) is 3.58. The number of hydrogen-bond acceptors (Lipinski definition) is 0. The number of hydrogen-bond donors (Lipinski definition) is 0. The number of rotatable bonds is 3. The van der Waals surface area contributed by atoms with Crippen molar-refractivity contribution >= 4 is 19.8 Å². The van der Waals surface area contributed by atoms with Gasteiger partial charge in [0.15, 0.2) is 0 Å². The Hall–Kier alpha value is -6.22. The standard InChI is InChI=1S/3C20H13.Sn/c3*1-2-8-14-13(7-1)19-15-9-3-5-11-17(15)20(14)18-12-6-4-10-16(18)19;/h3*1-12,19H;. The van der Waals surface area contributed by atoms with Crippen molar-refractivity contribution < 1.29 is 0 Å². The van der Waals surface area contributed by atoms with Crippen molar-refractivity contribution in [1.29, 1.82) is 0 Å². The second-order valence-corrected chi connectivity index (χ2v) is 26.8. The zero-order chi connectivity index (χ0) is 39.7. The van der Waals surface area contributed by atoms with E-state index in [1.807, 2.05) is 0 Å². The van der Waals surface area contributed by atoms with E-state index in [-0.39, 0.29) is 17.8 Å². The fourth-order valence-electron chi connectivity index (χ4n) is 14.7. The Labute approximate surface area is 364 Å². The summed E-state index contributed by atoms with van der Waals surface area (Å²) in [5.74, 6) is 0.564. The molecule has 9 aliphatic rings. The molecule has 0 fully saturated rings. The van der Waals surface area contributed by atoms with E-state index in [0.29, 0.717) is 0 Å². The molecule has 0 atom stereocenters. The molecule has 61 heavy (non-hydrogen) atoms. The Morgan fingerprint density at radius 3 is 0.475 bits per heavy atom. The quantitative estimate of drug-likeness (QED) is 0.155. The Balaban J connectivity index is 1.28. The second-order valence-electron chi connectivity index (χ2n) is 18.2. The van der Waals surface area contributed by atoms with E-state index in [2.05, 4.69) is 218 Å². The molecule has 0 aromatic heterocycles. The summed E-state index contributed by atoms with van der Waals surface area (Å²) in [4.78, 5) is 0. The molecule has 0 N–H and O–H groups in total. The third-order valence-corrected chi connectivity index (χ3v) is 29.5. The summed E-state index contributed by atoms with van der Waals surface area (Å²) < 4.78 is -1.30. The van der Waals surface area contributed by atoms with Crippen molar-refractivity contribution in [3.8, 4) is 0 Å². The van der Waals surface area contributed by atoms with E-state index >= 15 is 0 Å². The molecule has 0 heterocycles. The molecule has 0 saturated heterocycles. The molecule has 0 amide bonds.